The van der Waals surface area contributed by atoms with Gasteiger partial charge in [0.05, 0.1) is 6.61 Å². The Morgan fingerprint density at radius 2 is 2.08 bits per heavy atom. The van der Waals surface area contributed by atoms with Crippen LogP contribution in [0, 0.1) is 0 Å². The van der Waals surface area contributed by atoms with Crippen LogP contribution in [0.5, 0.6) is 0 Å². The number of ether oxygens (including phenoxy) is 1. The number of hydrogen-bond donors (Lipinski definition) is 3. The minimum absolute atomic E-state index is 0.121. The molecule has 0 saturated heterocycles. The van der Waals surface area contributed by atoms with Crippen molar-refractivity contribution in [3.8, 4) is 0 Å². The standard InChI is InChI=1S/C7H15N3O3/c1-2-13-6(11)5-10-7(12)9-4-3-8/h2-5,8H2,1H3,(H2,9,10,12). The molecule has 13 heavy (non-hydrogen) atoms. The lowest BCUT2D eigenvalue weighted by Gasteiger charge is -2.05. The molecular formula is C7H15N3O3. The van der Waals surface area contributed by atoms with Gasteiger partial charge in [0.2, 0.25) is 0 Å². The second-order valence-corrected chi connectivity index (χ2v) is 2.20. The largest absolute Gasteiger partial charge is 0.465 e. The van der Waals surface area contributed by atoms with Gasteiger partial charge < -0.3 is 21.1 Å². The maximum Gasteiger partial charge on any atom is 0.325 e. The number of carbonyl (C=O) groups excluding carboxylic acids is 2. The Balaban J connectivity index is 3.40. The van der Waals surface area contributed by atoms with Crippen LogP contribution in [0.15, 0.2) is 0 Å². The van der Waals surface area contributed by atoms with Gasteiger partial charge in [-0.25, -0.2) is 4.79 Å². The third kappa shape index (κ3) is 7.07. The van der Waals surface area contributed by atoms with Gasteiger partial charge in [0.1, 0.15) is 6.54 Å². The van der Waals surface area contributed by atoms with E-state index >= 15 is 0 Å². The maximum absolute atomic E-state index is 10.8. The predicted molar refractivity (Wildman–Crippen MR) is 47.1 cm³/mol. The monoisotopic (exact) mass is 189 g/mol. The lowest BCUT2D eigenvalue weighted by Crippen LogP contribution is -2.40. The van der Waals surface area contributed by atoms with Crippen molar-refractivity contribution in [1.29, 1.82) is 0 Å². The molecule has 0 aliphatic rings. The average Bonchev–Trinajstić information content (AvgIpc) is 2.12. The second kappa shape index (κ2) is 7.35. The summed E-state index contributed by atoms with van der Waals surface area (Å²) in [5.41, 5.74) is 5.15. The van der Waals surface area contributed by atoms with Gasteiger partial charge in [0, 0.05) is 13.1 Å². The minimum Gasteiger partial charge on any atom is -0.465 e. The predicted octanol–water partition coefficient (Wildman–Crippen LogP) is -1.19. The van der Waals surface area contributed by atoms with E-state index in [2.05, 4.69) is 15.4 Å². The molecule has 76 valence electrons. The van der Waals surface area contributed by atoms with Gasteiger partial charge >= 0.3 is 12.0 Å². The molecule has 0 heterocycles. The van der Waals surface area contributed by atoms with Crippen molar-refractivity contribution in [2.45, 2.75) is 6.92 Å². The Kier molecular flexibility index (Phi) is 6.62. The number of nitrogens with one attached hydrogen (secondary N) is 2. The van der Waals surface area contributed by atoms with Gasteiger partial charge in [-0.05, 0) is 6.92 Å². The van der Waals surface area contributed by atoms with E-state index in [1.807, 2.05) is 0 Å². The molecule has 0 aromatic heterocycles. The smallest absolute Gasteiger partial charge is 0.325 e. The van der Waals surface area contributed by atoms with E-state index in [1.54, 1.807) is 6.92 Å². The first-order chi connectivity index (χ1) is 6.20. The summed E-state index contributed by atoms with van der Waals surface area (Å²) in [4.78, 5) is 21.6. The summed E-state index contributed by atoms with van der Waals surface area (Å²) in [5, 5.41) is 4.77. The topological polar surface area (TPSA) is 93.4 Å². The minimum atomic E-state index is -0.453. The Hall–Kier alpha value is -1.30. The first-order valence-corrected chi connectivity index (χ1v) is 4.08. The SMILES string of the molecule is CCOC(=O)CNC(=O)NCCN. The molecule has 6 nitrogen and oxygen atoms in total. The number of esters is 1. The Morgan fingerprint density at radius 1 is 1.38 bits per heavy atom. The van der Waals surface area contributed by atoms with Crippen molar-refractivity contribution in [3.05, 3.63) is 0 Å². The zero-order valence-corrected chi connectivity index (χ0v) is 7.63. The van der Waals surface area contributed by atoms with E-state index in [0.29, 0.717) is 19.7 Å². The zero-order valence-electron chi connectivity index (χ0n) is 7.63. The third-order valence-electron chi connectivity index (χ3n) is 1.13. The van der Waals surface area contributed by atoms with Gasteiger partial charge in [-0.15, -0.1) is 0 Å². The molecule has 0 fully saturated rings. The molecule has 2 amide bonds. The highest BCUT2D eigenvalue weighted by molar-refractivity contribution is 5.80. The first-order valence-electron chi connectivity index (χ1n) is 4.08. The van der Waals surface area contributed by atoms with Crippen LogP contribution in [-0.4, -0.2) is 38.2 Å². The Labute approximate surface area is 76.8 Å². The summed E-state index contributed by atoms with van der Waals surface area (Å²) in [7, 11) is 0. The van der Waals surface area contributed by atoms with Crippen molar-refractivity contribution in [2.75, 3.05) is 26.2 Å². The lowest BCUT2D eigenvalue weighted by molar-refractivity contribution is -0.141. The highest BCUT2D eigenvalue weighted by Crippen LogP contribution is 1.74. The van der Waals surface area contributed by atoms with Crippen molar-refractivity contribution in [1.82, 2.24) is 10.6 Å². The van der Waals surface area contributed by atoms with Gasteiger partial charge in [-0.2, -0.15) is 0 Å². The number of hydrogen-bond acceptors (Lipinski definition) is 4. The highest BCUT2D eigenvalue weighted by Gasteiger charge is 2.03. The van der Waals surface area contributed by atoms with E-state index < -0.39 is 12.0 Å². The number of amides is 2. The van der Waals surface area contributed by atoms with Crippen LogP contribution in [0.2, 0.25) is 0 Å². The van der Waals surface area contributed by atoms with E-state index in [9.17, 15) is 9.59 Å². The summed E-state index contributed by atoms with van der Waals surface area (Å²) < 4.78 is 4.59. The Bertz CT molecular complexity index is 172. The van der Waals surface area contributed by atoms with Gasteiger partial charge in [0.25, 0.3) is 0 Å². The summed E-state index contributed by atoms with van der Waals surface area (Å²) in [5.74, 6) is -0.453. The fourth-order valence-electron chi connectivity index (χ4n) is 0.613. The normalized spacial score (nSPS) is 9.08. The van der Waals surface area contributed by atoms with Gasteiger partial charge in [-0.1, -0.05) is 0 Å². The van der Waals surface area contributed by atoms with Crippen LogP contribution in [0.3, 0.4) is 0 Å². The van der Waals surface area contributed by atoms with Gasteiger partial charge in [0.15, 0.2) is 0 Å². The number of carbonyl (C=O) groups is 2. The second-order valence-electron chi connectivity index (χ2n) is 2.20. The van der Waals surface area contributed by atoms with Crippen LogP contribution < -0.4 is 16.4 Å². The van der Waals surface area contributed by atoms with Gasteiger partial charge in [-0.3, -0.25) is 4.79 Å². The molecule has 0 bridgehead atoms. The van der Waals surface area contributed by atoms with E-state index in [1.165, 1.54) is 0 Å². The fourth-order valence-corrected chi connectivity index (χ4v) is 0.613. The molecule has 0 aliphatic carbocycles. The van der Waals surface area contributed by atoms with Crippen LogP contribution in [0.4, 0.5) is 4.79 Å². The molecule has 4 N–H and O–H groups in total. The number of nitrogens with two attached hydrogens (primary N) is 1. The van der Waals surface area contributed by atoms with E-state index in [-0.39, 0.29) is 6.54 Å². The highest BCUT2D eigenvalue weighted by atomic mass is 16.5. The van der Waals surface area contributed by atoms with Crippen molar-refractivity contribution in [2.24, 2.45) is 5.73 Å². The fraction of sp³-hybridized carbons (Fsp3) is 0.714. The molecule has 0 atom stereocenters. The molecule has 0 saturated carbocycles. The third-order valence-corrected chi connectivity index (χ3v) is 1.13. The molecule has 0 rings (SSSR count). The zero-order chi connectivity index (χ0) is 10.1. The summed E-state index contributed by atoms with van der Waals surface area (Å²) in [6, 6.07) is -0.418. The first kappa shape index (κ1) is 11.7. The summed E-state index contributed by atoms with van der Waals surface area (Å²) >= 11 is 0. The van der Waals surface area contributed by atoms with Crippen LogP contribution in [0.25, 0.3) is 0 Å². The quantitative estimate of drug-likeness (QED) is 0.474. The van der Waals surface area contributed by atoms with Crippen molar-refractivity contribution >= 4 is 12.0 Å². The van der Waals surface area contributed by atoms with Crippen LogP contribution in [-0.2, 0) is 9.53 Å². The molecular weight excluding hydrogens is 174 g/mol. The number of rotatable bonds is 5. The summed E-state index contributed by atoms with van der Waals surface area (Å²) in [6.45, 7) is 2.64. The summed E-state index contributed by atoms with van der Waals surface area (Å²) in [6.07, 6.45) is 0. The molecule has 0 radical (unpaired) electrons. The molecule has 0 aromatic carbocycles. The van der Waals surface area contributed by atoms with E-state index in [0.717, 1.165) is 0 Å². The molecule has 0 unspecified atom stereocenters. The molecule has 0 aromatic rings. The van der Waals surface area contributed by atoms with Crippen LogP contribution in [0.1, 0.15) is 6.92 Å². The van der Waals surface area contributed by atoms with Crippen molar-refractivity contribution < 1.29 is 14.3 Å². The van der Waals surface area contributed by atoms with Crippen molar-refractivity contribution in [3.63, 3.8) is 0 Å². The molecule has 6 heteroatoms. The maximum atomic E-state index is 10.8. The lowest BCUT2D eigenvalue weighted by atomic mass is 10.6. The average molecular weight is 189 g/mol. The van der Waals surface area contributed by atoms with Crippen LogP contribution >= 0.6 is 0 Å². The van der Waals surface area contributed by atoms with E-state index in [4.69, 9.17) is 5.73 Å². The number of urea groups is 1. The molecule has 0 spiro atoms. The Morgan fingerprint density at radius 3 is 2.62 bits per heavy atom. The molecule has 0 aliphatic heterocycles.